The fraction of sp³-hybridized carbons (Fsp3) is 0.419. The lowest BCUT2D eigenvalue weighted by molar-refractivity contribution is -0.142. The van der Waals surface area contributed by atoms with Crippen molar-refractivity contribution in [2.75, 3.05) is 6.54 Å². The molecule has 3 aromatic rings. The molecule has 0 radical (unpaired) electrons. The molecule has 2 heterocycles. The number of fused-ring (bicyclic) bond motifs is 2. The zero-order chi connectivity index (χ0) is 26.8. The highest BCUT2D eigenvalue weighted by Crippen LogP contribution is 2.41. The number of Topliss-reactive ketones (excluding diaryl/α,β-unsaturated/α-hetero) is 2. The van der Waals surface area contributed by atoms with Crippen LogP contribution in [0.25, 0.3) is 10.1 Å². The van der Waals surface area contributed by atoms with Gasteiger partial charge < -0.3 is 10.2 Å². The highest BCUT2D eigenvalue weighted by atomic mass is 32.1. The molecule has 1 saturated heterocycles. The number of hydrogen-bond donors (Lipinski definition) is 1. The molecular formula is C31H34N2O4S. The molecule has 0 bridgehead atoms. The molecule has 7 heteroatoms. The van der Waals surface area contributed by atoms with Gasteiger partial charge in [-0.2, -0.15) is 0 Å². The third-order valence-corrected chi connectivity index (χ3v) is 8.88. The number of benzene rings is 2. The summed E-state index contributed by atoms with van der Waals surface area (Å²) in [7, 11) is 0. The Hall–Kier alpha value is -3.32. The minimum Gasteiger partial charge on any atom is -0.340 e. The normalized spacial score (nSPS) is 21.9. The predicted molar refractivity (Wildman–Crippen MR) is 149 cm³/mol. The molecule has 1 N–H and O–H groups in total. The molecule has 5 rings (SSSR count). The van der Waals surface area contributed by atoms with E-state index in [-0.39, 0.29) is 41.1 Å². The van der Waals surface area contributed by atoms with Crippen LogP contribution in [0.15, 0.2) is 60.0 Å². The van der Waals surface area contributed by atoms with Crippen LogP contribution in [0, 0.1) is 17.8 Å². The largest absolute Gasteiger partial charge is 0.340 e. The maximum Gasteiger partial charge on any atom is 0.251 e. The first-order valence-corrected chi connectivity index (χ1v) is 14.4. The molecule has 2 fully saturated rings. The number of ketones is 2. The van der Waals surface area contributed by atoms with Crippen LogP contribution in [-0.4, -0.2) is 46.9 Å². The maximum atomic E-state index is 13.9. The zero-order valence-corrected chi connectivity index (χ0v) is 22.7. The Bertz CT molecular complexity index is 1350. The van der Waals surface area contributed by atoms with E-state index in [0.717, 1.165) is 10.1 Å². The van der Waals surface area contributed by atoms with Crippen LogP contribution in [0.5, 0.6) is 0 Å². The van der Waals surface area contributed by atoms with Crippen LogP contribution in [0.3, 0.4) is 0 Å². The molecule has 1 aromatic heterocycles. The van der Waals surface area contributed by atoms with Gasteiger partial charge in [-0.05, 0) is 66.0 Å². The second-order valence-corrected chi connectivity index (χ2v) is 12.0. The Balaban J connectivity index is 1.31. The van der Waals surface area contributed by atoms with Crippen LogP contribution in [0.4, 0.5) is 0 Å². The number of amides is 2. The van der Waals surface area contributed by atoms with Crippen molar-refractivity contribution >= 4 is 44.8 Å². The van der Waals surface area contributed by atoms with Crippen LogP contribution in [-0.2, 0) is 9.59 Å². The number of carbonyl (C=O) groups is 4. The first-order valence-electron chi connectivity index (χ1n) is 13.5. The SMILES string of the molecule is CC(C)C[C@H](NC(=O)c1ccc2ccsc2c1)C(=O)N1CC[C@H]2C(CC(=O)c3ccccc3)CCC(=O)[C@H]21. The van der Waals surface area contributed by atoms with Gasteiger partial charge in [0.2, 0.25) is 5.91 Å². The summed E-state index contributed by atoms with van der Waals surface area (Å²) in [5, 5.41) is 6.06. The molecule has 1 aliphatic heterocycles. The monoisotopic (exact) mass is 530 g/mol. The molecule has 2 aliphatic rings. The first kappa shape index (κ1) is 26.3. The molecule has 1 aliphatic carbocycles. The van der Waals surface area contributed by atoms with E-state index < -0.39 is 12.1 Å². The maximum absolute atomic E-state index is 13.9. The van der Waals surface area contributed by atoms with E-state index in [1.807, 2.05) is 67.8 Å². The van der Waals surface area contributed by atoms with E-state index in [2.05, 4.69) is 5.32 Å². The van der Waals surface area contributed by atoms with Gasteiger partial charge in [-0.1, -0.05) is 50.2 Å². The lowest BCUT2D eigenvalue weighted by Gasteiger charge is -2.37. The van der Waals surface area contributed by atoms with E-state index in [9.17, 15) is 19.2 Å². The average molecular weight is 531 g/mol. The molecule has 1 unspecified atom stereocenters. The van der Waals surface area contributed by atoms with Crippen LogP contribution >= 0.6 is 11.3 Å². The lowest BCUT2D eigenvalue weighted by Crippen LogP contribution is -2.54. The van der Waals surface area contributed by atoms with Gasteiger partial charge in [-0.25, -0.2) is 0 Å². The zero-order valence-electron chi connectivity index (χ0n) is 21.9. The Kier molecular flexibility index (Phi) is 7.75. The van der Waals surface area contributed by atoms with Gasteiger partial charge in [-0.3, -0.25) is 19.2 Å². The lowest BCUT2D eigenvalue weighted by atomic mass is 9.73. The third-order valence-electron chi connectivity index (χ3n) is 8.00. The molecular weight excluding hydrogens is 496 g/mol. The minimum absolute atomic E-state index is 0.0236. The summed E-state index contributed by atoms with van der Waals surface area (Å²) >= 11 is 1.57. The topological polar surface area (TPSA) is 83.6 Å². The van der Waals surface area contributed by atoms with E-state index in [1.165, 1.54) is 0 Å². The summed E-state index contributed by atoms with van der Waals surface area (Å²) in [5.74, 6) is -0.0938. The van der Waals surface area contributed by atoms with Gasteiger partial charge in [0.05, 0.1) is 6.04 Å². The standard InChI is InChI=1S/C31H34N2O4S/c1-19(2)16-25(32-30(36)23-9-8-21-13-15-38-28(21)18-23)31(37)33-14-12-24-22(10-11-26(34)29(24)33)17-27(35)20-6-4-3-5-7-20/h3-9,13,15,18-19,22,24-25,29H,10-12,14,16-17H2,1-2H3,(H,32,36)/t22?,24-,25-,29-/m0/s1. The number of thiophene rings is 1. The predicted octanol–water partition coefficient (Wildman–Crippen LogP) is 5.52. The molecule has 38 heavy (non-hydrogen) atoms. The van der Waals surface area contributed by atoms with E-state index in [0.29, 0.717) is 49.8 Å². The van der Waals surface area contributed by atoms with Crippen molar-refractivity contribution < 1.29 is 19.2 Å². The summed E-state index contributed by atoms with van der Waals surface area (Å²) < 4.78 is 1.02. The van der Waals surface area contributed by atoms with Crippen LogP contribution in [0.2, 0.25) is 0 Å². The molecule has 198 valence electrons. The smallest absolute Gasteiger partial charge is 0.251 e. The molecule has 4 atom stereocenters. The Morgan fingerprint density at radius 1 is 1.03 bits per heavy atom. The fourth-order valence-electron chi connectivity index (χ4n) is 6.12. The quantitative estimate of drug-likeness (QED) is 0.389. The highest BCUT2D eigenvalue weighted by Gasteiger charge is 2.49. The highest BCUT2D eigenvalue weighted by molar-refractivity contribution is 7.17. The number of carbonyl (C=O) groups excluding carboxylic acids is 4. The van der Waals surface area contributed by atoms with Crippen molar-refractivity contribution in [3.8, 4) is 0 Å². The van der Waals surface area contributed by atoms with Gasteiger partial charge >= 0.3 is 0 Å². The summed E-state index contributed by atoms with van der Waals surface area (Å²) in [6.45, 7) is 4.52. The van der Waals surface area contributed by atoms with Gasteiger partial charge in [0, 0.05) is 35.2 Å². The number of hydrogen-bond acceptors (Lipinski definition) is 5. The summed E-state index contributed by atoms with van der Waals surface area (Å²) in [5.41, 5.74) is 1.21. The third kappa shape index (κ3) is 5.44. The average Bonchev–Trinajstić information content (AvgIpc) is 3.57. The number of likely N-dealkylation sites (tertiary alicyclic amines) is 1. The number of nitrogens with one attached hydrogen (secondary N) is 1. The Morgan fingerprint density at radius 2 is 1.82 bits per heavy atom. The van der Waals surface area contributed by atoms with Gasteiger partial charge in [0.15, 0.2) is 11.6 Å². The fourth-order valence-corrected chi connectivity index (χ4v) is 6.95. The molecule has 1 saturated carbocycles. The number of nitrogens with zero attached hydrogens (tertiary/aromatic N) is 1. The van der Waals surface area contributed by atoms with Gasteiger partial charge in [0.25, 0.3) is 5.91 Å². The minimum atomic E-state index is -0.709. The van der Waals surface area contributed by atoms with Crippen molar-refractivity contribution in [3.63, 3.8) is 0 Å². The summed E-state index contributed by atoms with van der Waals surface area (Å²) in [6, 6.07) is 15.6. The summed E-state index contributed by atoms with van der Waals surface area (Å²) in [6.07, 6.45) is 2.63. The first-order chi connectivity index (χ1) is 18.3. The second-order valence-electron chi connectivity index (χ2n) is 11.0. The number of rotatable bonds is 8. The second kappa shape index (κ2) is 11.2. The molecule has 6 nitrogen and oxygen atoms in total. The van der Waals surface area contributed by atoms with Crippen LogP contribution in [0.1, 0.15) is 66.7 Å². The van der Waals surface area contributed by atoms with Gasteiger partial charge in [-0.15, -0.1) is 11.3 Å². The van der Waals surface area contributed by atoms with Crippen molar-refractivity contribution in [2.24, 2.45) is 17.8 Å². The Morgan fingerprint density at radius 3 is 2.58 bits per heavy atom. The van der Waals surface area contributed by atoms with E-state index in [1.54, 1.807) is 22.3 Å². The molecule has 0 spiro atoms. The van der Waals surface area contributed by atoms with Crippen molar-refractivity contribution in [2.45, 2.75) is 58.0 Å². The van der Waals surface area contributed by atoms with Gasteiger partial charge in [0.1, 0.15) is 6.04 Å². The summed E-state index contributed by atoms with van der Waals surface area (Å²) in [4.78, 5) is 54.8. The van der Waals surface area contributed by atoms with Crippen LogP contribution < -0.4 is 5.32 Å². The Labute approximate surface area is 227 Å². The molecule has 2 amide bonds. The van der Waals surface area contributed by atoms with Crippen molar-refractivity contribution in [1.82, 2.24) is 10.2 Å². The van der Waals surface area contributed by atoms with Crippen molar-refractivity contribution in [3.05, 3.63) is 71.1 Å². The van der Waals surface area contributed by atoms with E-state index >= 15 is 0 Å². The van der Waals surface area contributed by atoms with E-state index in [4.69, 9.17) is 0 Å². The van der Waals surface area contributed by atoms with Crippen molar-refractivity contribution in [1.29, 1.82) is 0 Å². The molecule has 2 aromatic carbocycles.